The summed E-state index contributed by atoms with van der Waals surface area (Å²) in [5.41, 5.74) is 4.69. The molecule has 0 bridgehead atoms. The van der Waals surface area contributed by atoms with Gasteiger partial charge in [-0.15, -0.1) is 11.8 Å². The number of thioether (sulfide) groups is 1. The molecule has 2 N–H and O–H groups in total. The Bertz CT molecular complexity index is 2880. The van der Waals surface area contributed by atoms with Crippen LogP contribution in [0.1, 0.15) is 37.4 Å². The fourth-order valence-electron chi connectivity index (χ4n) is 6.85. The Hall–Kier alpha value is -7.13. The molecule has 0 unspecified atom stereocenters. The van der Waals surface area contributed by atoms with Crippen LogP contribution >= 0.6 is 22.4 Å². The molecule has 0 aromatic heterocycles. The maximum absolute atomic E-state index is 13.5. The maximum Gasteiger partial charge on any atom is 0.261 e. The zero-order valence-corrected chi connectivity index (χ0v) is 39.4. The summed E-state index contributed by atoms with van der Waals surface area (Å²) in [4.78, 5) is 56.2. The van der Waals surface area contributed by atoms with Crippen LogP contribution in [0.3, 0.4) is 0 Å². The van der Waals surface area contributed by atoms with Crippen molar-refractivity contribution in [2.45, 2.75) is 40.5 Å². The molecule has 0 spiro atoms. The number of hydrogen-bond donors (Lipinski definition) is 2. The summed E-state index contributed by atoms with van der Waals surface area (Å²) < 4.78 is 49.4. The van der Waals surface area contributed by atoms with E-state index >= 15 is 0 Å². The number of nitrogens with zero attached hydrogens (tertiary/aromatic N) is 2. The van der Waals surface area contributed by atoms with Crippen molar-refractivity contribution < 1.29 is 36.4 Å². The van der Waals surface area contributed by atoms with E-state index in [1.807, 2.05) is 103 Å². The average molecular weight is 974 g/mol. The number of nitrogens with one attached hydrogen (secondary N) is 2. The minimum Gasteiger partial charge on any atom is -0.340 e. The van der Waals surface area contributed by atoms with Gasteiger partial charge in [-0.3, -0.25) is 19.2 Å². The van der Waals surface area contributed by atoms with Crippen molar-refractivity contribution in [3.05, 3.63) is 228 Å². The molecule has 0 fully saturated rings. The lowest BCUT2D eigenvalue weighted by Gasteiger charge is -2.25. The van der Waals surface area contributed by atoms with E-state index in [0.29, 0.717) is 17.7 Å². The first-order valence-electron chi connectivity index (χ1n) is 21.2. The van der Waals surface area contributed by atoms with Crippen molar-refractivity contribution in [1.82, 2.24) is 10.6 Å². The van der Waals surface area contributed by atoms with Crippen molar-refractivity contribution in [2.24, 2.45) is 0 Å². The van der Waals surface area contributed by atoms with Gasteiger partial charge in [0.25, 0.3) is 20.9 Å². The molecule has 10 nitrogen and oxygen atoms in total. The predicted molar refractivity (Wildman–Crippen MR) is 264 cm³/mol. The lowest BCUT2D eigenvalue weighted by atomic mass is 10.0. The van der Waals surface area contributed by atoms with E-state index in [-0.39, 0.29) is 22.8 Å². The molecule has 4 amide bonds. The molecule has 0 radical (unpaired) electrons. The second kappa shape index (κ2) is 24.1. The van der Waals surface area contributed by atoms with Gasteiger partial charge < -0.3 is 20.4 Å². The number of amides is 4. The molecule has 0 aliphatic heterocycles. The first-order chi connectivity index (χ1) is 32.6. The minimum atomic E-state index is -3.89. The summed E-state index contributed by atoms with van der Waals surface area (Å²) in [6.07, 6.45) is 0.563. The molecule has 348 valence electrons. The number of carbonyl (C=O) groups excluding carboxylic acids is 4. The van der Waals surface area contributed by atoms with Gasteiger partial charge in [-0.2, -0.15) is 0 Å². The second-order valence-electron chi connectivity index (χ2n) is 15.4. The van der Waals surface area contributed by atoms with Crippen molar-refractivity contribution in [2.75, 3.05) is 23.9 Å². The summed E-state index contributed by atoms with van der Waals surface area (Å²) in [6.45, 7) is 0. The highest BCUT2D eigenvalue weighted by atomic mass is 35.7. The Morgan fingerprint density at radius 3 is 1.24 bits per heavy atom. The standard InChI is InChI=1S/C30H27FN2O2S.C23H20ClFN2O4S/c1-33(26-16-18-27(19-17-26)36-21-23-10-6-3-7-11-23)30(35)28(20-22-8-4-2-5-9-22)32-29(34)24-12-14-25(31)15-13-24;1-27(19-11-13-20(14-12-19)32(24,30)31)23(29)21(15-16-5-3-2-4-6-16)26-22(28)17-7-9-18(25)10-8-17/h2-19,28H,20-21H2,1H3,(H,32,34);2-14,21H,15H2,1H3,(H,26,28)/t28-;21-/m00/s1. The van der Waals surface area contributed by atoms with Crippen LogP contribution in [0.15, 0.2) is 198 Å². The topological polar surface area (TPSA) is 133 Å². The molecule has 2 atom stereocenters. The van der Waals surface area contributed by atoms with Crippen LogP contribution in [0.2, 0.25) is 0 Å². The molecule has 0 saturated heterocycles. The van der Waals surface area contributed by atoms with Crippen LogP contribution in [0.4, 0.5) is 20.2 Å². The number of carbonyl (C=O) groups is 4. The van der Waals surface area contributed by atoms with Gasteiger partial charge in [-0.05, 0) is 114 Å². The molecule has 7 aromatic rings. The SMILES string of the molecule is CN(C(=O)[C@H](Cc1ccccc1)NC(=O)c1ccc(F)cc1)c1ccc(S(=O)(=O)Cl)cc1.CN(C(=O)[C@H](Cc1ccccc1)NC(=O)c1ccc(F)cc1)c1ccc(SCc2ccccc2)cc1. The van der Waals surface area contributed by atoms with Crippen LogP contribution in [-0.4, -0.2) is 58.2 Å². The lowest BCUT2D eigenvalue weighted by Crippen LogP contribution is -2.48. The monoisotopic (exact) mass is 972 g/mol. The highest BCUT2D eigenvalue weighted by molar-refractivity contribution is 8.13. The quantitative estimate of drug-likeness (QED) is 0.0728. The van der Waals surface area contributed by atoms with Crippen LogP contribution in [-0.2, 0) is 37.2 Å². The lowest BCUT2D eigenvalue weighted by molar-refractivity contribution is -0.120. The number of benzene rings is 7. The molecule has 0 saturated carbocycles. The van der Waals surface area contributed by atoms with E-state index in [2.05, 4.69) is 22.8 Å². The van der Waals surface area contributed by atoms with E-state index in [1.165, 1.54) is 90.3 Å². The van der Waals surface area contributed by atoms with Crippen LogP contribution in [0.5, 0.6) is 0 Å². The number of halogens is 3. The van der Waals surface area contributed by atoms with E-state index < -0.39 is 50.5 Å². The molecule has 0 aliphatic carbocycles. The van der Waals surface area contributed by atoms with Gasteiger partial charge in [0.2, 0.25) is 11.8 Å². The second-order valence-corrected chi connectivity index (χ2v) is 19.1. The largest absolute Gasteiger partial charge is 0.340 e. The summed E-state index contributed by atoms with van der Waals surface area (Å²) in [6, 6.07) is 50.8. The number of hydrogen-bond acceptors (Lipinski definition) is 7. The molecular formula is C53H47ClF2N4O6S2. The number of anilines is 2. The summed E-state index contributed by atoms with van der Waals surface area (Å²) >= 11 is 1.73. The zero-order valence-electron chi connectivity index (χ0n) is 37.0. The van der Waals surface area contributed by atoms with Crippen molar-refractivity contribution in [3.8, 4) is 0 Å². The summed E-state index contributed by atoms with van der Waals surface area (Å²) in [5, 5.41) is 5.56. The Morgan fingerprint density at radius 1 is 0.515 bits per heavy atom. The third kappa shape index (κ3) is 14.7. The summed E-state index contributed by atoms with van der Waals surface area (Å²) in [5.74, 6) is -1.62. The molecule has 0 aliphatic rings. The van der Waals surface area contributed by atoms with E-state index in [1.54, 1.807) is 23.7 Å². The van der Waals surface area contributed by atoms with E-state index in [9.17, 15) is 36.4 Å². The third-order valence-electron chi connectivity index (χ3n) is 10.6. The normalized spacial score (nSPS) is 11.8. The number of likely N-dealkylation sites (N-methyl/N-ethyl adjacent to an activating group) is 2. The maximum atomic E-state index is 13.5. The molecule has 7 rings (SSSR count). The average Bonchev–Trinajstić information content (AvgIpc) is 3.36. The Kier molecular flexibility index (Phi) is 17.8. The fraction of sp³-hybridized carbons (Fsp3) is 0.132. The van der Waals surface area contributed by atoms with E-state index in [0.717, 1.165) is 27.5 Å². The van der Waals surface area contributed by atoms with Crippen LogP contribution < -0.4 is 20.4 Å². The molecule has 68 heavy (non-hydrogen) atoms. The Balaban J connectivity index is 0.000000226. The van der Waals surface area contributed by atoms with Crippen LogP contribution in [0, 0.1) is 11.6 Å². The molecular weight excluding hydrogens is 926 g/mol. The molecule has 15 heteroatoms. The predicted octanol–water partition coefficient (Wildman–Crippen LogP) is 9.88. The van der Waals surface area contributed by atoms with E-state index in [4.69, 9.17) is 10.7 Å². The number of rotatable bonds is 16. The van der Waals surface area contributed by atoms with Crippen LogP contribution in [0.25, 0.3) is 0 Å². The van der Waals surface area contributed by atoms with Crippen molar-refractivity contribution in [3.63, 3.8) is 0 Å². The summed E-state index contributed by atoms with van der Waals surface area (Å²) in [7, 11) is 4.68. The van der Waals surface area contributed by atoms with Gasteiger partial charge in [0.05, 0.1) is 4.90 Å². The fourth-order valence-corrected chi connectivity index (χ4v) is 8.47. The molecule has 0 heterocycles. The van der Waals surface area contributed by atoms with Gasteiger partial charge in [-0.1, -0.05) is 91.0 Å². The third-order valence-corrected chi connectivity index (χ3v) is 13.1. The Labute approximate surface area is 403 Å². The first kappa shape index (κ1) is 50.3. The molecule has 7 aromatic carbocycles. The van der Waals surface area contributed by atoms with Gasteiger partial charge in [0.15, 0.2) is 0 Å². The first-order valence-corrected chi connectivity index (χ1v) is 24.5. The van der Waals surface area contributed by atoms with Gasteiger partial charge >= 0.3 is 0 Å². The highest BCUT2D eigenvalue weighted by Crippen LogP contribution is 2.26. The van der Waals surface area contributed by atoms with Gasteiger partial charge in [-0.25, -0.2) is 17.2 Å². The van der Waals surface area contributed by atoms with Gasteiger partial charge in [0.1, 0.15) is 23.7 Å². The smallest absolute Gasteiger partial charge is 0.261 e. The van der Waals surface area contributed by atoms with Gasteiger partial charge in [0, 0.05) is 70.8 Å². The minimum absolute atomic E-state index is 0.0887. The Morgan fingerprint density at radius 2 is 0.868 bits per heavy atom. The highest BCUT2D eigenvalue weighted by Gasteiger charge is 2.28. The van der Waals surface area contributed by atoms with Crippen molar-refractivity contribution in [1.29, 1.82) is 0 Å². The zero-order chi connectivity index (χ0) is 48.6. The van der Waals surface area contributed by atoms with Crippen molar-refractivity contribution >= 4 is 66.5 Å².